The summed E-state index contributed by atoms with van der Waals surface area (Å²) in [6.45, 7) is 2.80. The Morgan fingerprint density at radius 1 is 1.19 bits per heavy atom. The van der Waals surface area contributed by atoms with E-state index in [0.717, 1.165) is 35.2 Å². The van der Waals surface area contributed by atoms with Crippen molar-refractivity contribution in [2.45, 2.75) is 32.2 Å². The van der Waals surface area contributed by atoms with Gasteiger partial charge in [-0.05, 0) is 56.0 Å². The summed E-state index contributed by atoms with van der Waals surface area (Å²) in [7, 11) is 6.09. The molecule has 2 heterocycles. The minimum Gasteiger partial charge on any atom is -0.497 e. The van der Waals surface area contributed by atoms with Gasteiger partial charge in [0.2, 0.25) is 0 Å². The number of anilines is 1. The Bertz CT molecular complexity index is 949. The van der Waals surface area contributed by atoms with Crippen molar-refractivity contribution in [3.8, 4) is 5.75 Å². The van der Waals surface area contributed by atoms with Crippen molar-refractivity contribution in [3.05, 3.63) is 46.1 Å². The van der Waals surface area contributed by atoms with E-state index in [-0.39, 0.29) is 0 Å². The number of benzene rings is 1. The number of fused-ring (bicyclic) bond motifs is 3. The third-order valence-electron chi connectivity index (χ3n) is 5.37. The third-order valence-corrected chi connectivity index (χ3v) is 6.55. The number of likely N-dealkylation sites (N-methyl/N-ethyl adjacent to an activating group) is 1. The number of thiophene rings is 1. The van der Waals surface area contributed by atoms with Crippen molar-refractivity contribution in [3.63, 3.8) is 0 Å². The van der Waals surface area contributed by atoms with E-state index in [1.165, 1.54) is 39.1 Å². The molecule has 0 radical (unpaired) electrons. The normalized spacial score (nSPS) is 14.6. The van der Waals surface area contributed by atoms with Crippen LogP contribution in [-0.4, -0.2) is 37.7 Å². The van der Waals surface area contributed by atoms with E-state index in [4.69, 9.17) is 9.72 Å². The molecule has 3 aromatic rings. The van der Waals surface area contributed by atoms with Crippen LogP contribution in [0.15, 0.2) is 24.3 Å². The van der Waals surface area contributed by atoms with Crippen LogP contribution in [-0.2, 0) is 12.8 Å². The van der Waals surface area contributed by atoms with Gasteiger partial charge in [0.05, 0.1) is 33.1 Å². The highest BCUT2D eigenvalue weighted by Gasteiger charge is 2.23. The van der Waals surface area contributed by atoms with Crippen LogP contribution in [0, 0.1) is 6.92 Å². The lowest BCUT2D eigenvalue weighted by Gasteiger charge is -2.23. The Kier molecular flexibility index (Phi) is 5.02. The molecule has 5 nitrogen and oxygen atoms in total. The molecule has 0 fully saturated rings. The van der Waals surface area contributed by atoms with Gasteiger partial charge in [-0.2, -0.15) is 0 Å². The average Bonchev–Trinajstić information content (AvgIpc) is 3.22. The van der Waals surface area contributed by atoms with Crippen molar-refractivity contribution in [2.24, 2.45) is 0 Å². The second kappa shape index (κ2) is 7.44. The molecule has 2 N–H and O–H groups in total. The first kappa shape index (κ1) is 18.2. The van der Waals surface area contributed by atoms with E-state index in [9.17, 15) is 0 Å². The molecule has 1 aliphatic rings. The molecule has 1 aliphatic carbocycles. The second-order valence-electron chi connectivity index (χ2n) is 7.44. The number of nitrogens with zero attached hydrogens (tertiary/aromatic N) is 2. The zero-order valence-electron chi connectivity index (χ0n) is 16.4. The van der Waals surface area contributed by atoms with E-state index in [0.29, 0.717) is 6.04 Å². The maximum atomic E-state index is 5.30. The summed E-state index contributed by atoms with van der Waals surface area (Å²) in [5, 5.41) is 4.91. The van der Waals surface area contributed by atoms with Crippen LogP contribution in [0.25, 0.3) is 10.2 Å². The summed E-state index contributed by atoms with van der Waals surface area (Å²) in [4.78, 5) is 13.5. The third kappa shape index (κ3) is 3.51. The summed E-state index contributed by atoms with van der Waals surface area (Å²) in [6.07, 6.45) is 3.59. The maximum Gasteiger partial charge on any atom is 0.139 e. The number of rotatable bonds is 6. The molecule has 142 valence electrons. The van der Waals surface area contributed by atoms with Gasteiger partial charge < -0.3 is 15.0 Å². The molecule has 6 heteroatoms. The highest BCUT2D eigenvalue weighted by molar-refractivity contribution is 7.19. The van der Waals surface area contributed by atoms with Crippen LogP contribution in [0.3, 0.4) is 0 Å². The number of methoxy groups -OCH3 is 1. The first-order valence-electron chi connectivity index (χ1n) is 9.53. The van der Waals surface area contributed by atoms with Crippen molar-refractivity contribution in [1.82, 2.24) is 9.97 Å². The molecule has 4 rings (SSSR count). The number of quaternary nitrogens is 1. The molecule has 1 aromatic carbocycles. The SMILES string of the molecule is COc1ccc([C@@H](CNc2nc(C)nc3sc4c(c23)CCC4)[NH+](C)C)cc1. The largest absolute Gasteiger partial charge is 0.497 e. The van der Waals surface area contributed by atoms with E-state index in [1.807, 2.05) is 30.4 Å². The molecule has 0 aliphatic heterocycles. The van der Waals surface area contributed by atoms with E-state index < -0.39 is 0 Å². The van der Waals surface area contributed by atoms with Crippen LogP contribution in [0.2, 0.25) is 0 Å². The zero-order chi connectivity index (χ0) is 19.0. The molecule has 0 saturated carbocycles. The molecule has 2 aromatic heterocycles. The number of nitrogens with one attached hydrogen (secondary N) is 2. The van der Waals surface area contributed by atoms with Gasteiger partial charge in [0.25, 0.3) is 0 Å². The number of aromatic nitrogens is 2. The van der Waals surface area contributed by atoms with Crippen molar-refractivity contribution < 1.29 is 9.64 Å². The number of hydrogen-bond acceptors (Lipinski definition) is 5. The first-order valence-corrected chi connectivity index (χ1v) is 10.3. The molecule has 0 unspecified atom stereocenters. The number of aryl methyl sites for hydroxylation is 3. The van der Waals surface area contributed by atoms with Gasteiger partial charge in [-0.25, -0.2) is 9.97 Å². The van der Waals surface area contributed by atoms with Crippen LogP contribution in [0.5, 0.6) is 5.75 Å². The van der Waals surface area contributed by atoms with E-state index in [1.54, 1.807) is 7.11 Å². The highest BCUT2D eigenvalue weighted by Crippen LogP contribution is 2.39. The van der Waals surface area contributed by atoms with E-state index >= 15 is 0 Å². The standard InChI is InChI=1S/C21H26N4OS/c1-13-23-20(19-16-6-5-7-18(16)27-21(19)24-13)22-12-17(25(2)3)14-8-10-15(26-4)11-9-14/h8-11,17H,5-7,12H2,1-4H3,(H,22,23,24)/p+1/t17-/m1/s1. The average molecular weight is 384 g/mol. The summed E-state index contributed by atoms with van der Waals surface area (Å²) in [5.41, 5.74) is 2.76. The molecular weight excluding hydrogens is 356 g/mol. The predicted octanol–water partition coefficient (Wildman–Crippen LogP) is 2.79. The van der Waals surface area contributed by atoms with Gasteiger partial charge in [-0.1, -0.05) is 0 Å². The molecule has 1 atom stereocenters. The molecule has 0 bridgehead atoms. The van der Waals surface area contributed by atoms with Crippen molar-refractivity contribution >= 4 is 27.4 Å². The maximum absolute atomic E-state index is 5.30. The first-order chi connectivity index (χ1) is 13.1. The van der Waals surface area contributed by atoms with Crippen LogP contribution < -0.4 is 15.0 Å². The minimum absolute atomic E-state index is 0.327. The molecule has 0 amide bonds. The molecule has 27 heavy (non-hydrogen) atoms. The van der Waals surface area contributed by atoms with Gasteiger partial charge in [-0.15, -0.1) is 11.3 Å². The topological polar surface area (TPSA) is 51.5 Å². The number of hydrogen-bond donors (Lipinski definition) is 2. The number of ether oxygens (including phenoxy) is 1. The van der Waals surface area contributed by atoms with Gasteiger partial charge in [0, 0.05) is 10.4 Å². The Balaban J connectivity index is 1.62. The van der Waals surface area contributed by atoms with Crippen molar-refractivity contribution in [1.29, 1.82) is 0 Å². The fraction of sp³-hybridized carbons (Fsp3) is 0.429. The molecular formula is C21H27N4OS+. The lowest BCUT2D eigenvalue weighted by Crippen LogP contribution is -3.06. The Labute approximate surface area is 164 Å². The predicted molar refractivity (Wildman–Crippen MR) is 111 cm³/mol. The van der Waals surface area contributed by atoms with Crippen LogP contribution >= 0.6 is 11.3 Å². The zero-order valence-corrected chi connectivity index (χ0v) is 17.2. The van der Waals surface area contributed by atoms with Crippen LogP contribution in [0.1, 0.15) is 34.3 Å². The summed E-state index contributed by atoms with van der Waals surface area (Å²) < 4.78 is 5.30. The van der Waals surface area contributed by atoms with Crippen molar-refractivity contribution in [2.75, 3.05) is 33.1 Å². The second-order valence-corrected chi connectivity index (χ2v) is 8.52. The summed E-state index contributed by atoms with van der Waals surface area (Å²) >= 11 is 1.85. The highest BCUT2D eigenvalue weighted by atomic mass is 32.1. The van der Waals surface area contributed by atoms with E-state index in [2.05, 4.69) is 36.5 Å². The Morgan fingerprint density at radius 2 is 1.96 bits per heavy atom. The molecule has 0 spiro atoms. The van der Waals surface area contributed by atoms with Gasteiger partial charge in [-0.3, -0.25) is 0 Å². The van der Waals surface area contributed by atoms with Crippen LogP contribution in [0.4, 0.5) is 5.82 Å². The lowest BCUT2D eigenvalue weighted by atomic mass is 10.1. The fourth-order valence-corrected chi connectivity index (χ4v) is 5.23. The molecule has 0 saturated heterocycles. The summed E-state index contributed by atoms with van der Waals surface area (Å²) in [6, 6.07) is 8.70. The van der Waals surface area contributed by atoms with Gasteiger partial charge in [0.1, 0.15) is 28.3 Å². The quantitative estimate of drug-likeness (QED) is 0.687. The fourth-order valence-electron chi connectivity index (χ4n) is 3.92. The summed E-state index contributed by atoms with van der Waals surface area (Å²) in [5.74, 6) is 2.72. The Hall–Kier alpha value is -2.18. The Morgan fingerprint density at radius 3 is 2.67 bits per heavy atom. The minimum atomic E-state index is 0.327. The van der Waals surface area contributed by atoms with Gasteiger partial charge >= 0.3 is 0 Å². The smallest absolute Gasteiger partial charge is 0.139 e. The van der Waals surface area contributed by atoms with Gasteiger partial charge in [0.15, 0.2) is 0 Å². The monoisotopic (exact) mass is 383 g/mol. The lowest BCUT2D eigenvalue weighted by molar-refractivity contribution is -0.890.